The summed E-state index contributed by atoms with van der Waals surface area (Å²) in [5, 5.41) is 9.90. The Bertz CT molecular complexity index is 704. The molecule has 0 aromatic heterocycles. The van der Waals surface area contributed by atoms with Crippen LogP contribution in [-0.2, 0) is 0 Å². The SMILES string of the molecule is COc1ccc(C=C(C#N)c2ccccc2Cl)cc1I. The van der Waals surface area contributed by atoms with Crippen LogP contribution in [0.1, 0.15) is 11.1 Å². The second kappa shape index (κ2) is 6.78. The summed E-state index contributed by atoms with van der Waals surface area (Å²) in [6.07, 6.45) is 1.82. The zero-order valence-electron chi connectivity index (χ0n) is 10.7. The summed E-state index contributed by atoms with van der Waals surface area (Å²) >= 11 is 8.33. The molecule has 0 amide bonds. The minimum Gasteiger partial charge on any atom is -0.496 e. The molecule has 0 heterocycles. The van der Waals surface area contributed by atoms with Gasteiger partial charge in [-0.15, -0.1) is 0 Å². The summed E-state index contributed by atoms with van der Waals surface area (Å²) in [6, 6.07) is 15.3. The lowest BCUT2D eigenvalue weighted by atomic mass is 10.0. The lowest BCUT2D eigenvalue weighted by molar-refractivity contribution is 0.412. The number of halogens is 2. The highest BCUT2D eigenvalue weighted by Crippen LogP contribution is 2.27. The van der Waals surface area contributed by atoms with Crippen molar-refractivity contribution < 1.29 is 4.74 Å². The van der Waals surface area contributed by atoms with Crippen molar-refractivity contribution in [1.29, 1.82) is 5.26 Å². The average molecular weight is 396 g/mol. The molecule has 2 aromatic rings. The summed E-state index contributed by atoms with van der Waals surface area (Å²) < 4.78 is 6.22. The van der Waals surface area contributed by atoms with Gasteiger partial charge in [-0.25, -0.2) is 0 Å². The summed E-state index contributed by atoms with van der Waals surface area (Å²) in [4.78, 5) is 0. The number of methoxy groups -OCH3 is 1. The smallest absolute Gasteiger partial charge is 0.132 e. The maximum Gasteiger partial charge on any atom is 0.132 e. The summed E-state index contributed by atoms with van der Waals surface area (Å²) in [7, 11) is 1.64. The van der Waals surface area contributed by atoms with E-state index in [2.05, 4.69) is 28.7 Å². The number of allylic oxidation sites excluding steroid dienone is 1. The molecule has 0 bridgehead atoms. The van der Waals surface area contributed by atoms with E-state index in [0.717, 1.165) is 20.4 Å². The van der Waals surface area contributed by atoms with Crippen LogP contribution in [0.5, 0.6) is 5.75 Å². The van der Waals surface area contributed by atoms with Crippen LogP contribution in [0.2, 0.25) is 5.02 Å². The minimum atomic E-state index is 0.538. The first-order valence-corrected chi connectivity index (χ1v) is 7.31. The van der Waals surface area contributed by atoms with Gasteiger partial charge in [0.15, 0.2) is 0 Å². The zero-order valence-corrected chi connectivity index (χ0v) is 13.6. The molecule has 0 atom stereocenters. The van der Waals surface area contributed by atoms with Crippen LogP contribution in [-0.4, -0.2) is 7.11 Å². The molecule has 100 valence electrons. The van der Waals surface area contributed by atoms with Crippen LogP contribution >= 0.6 is 34.2 Å². The van der Waals surface area contributed by atoms with Gasteiger partial charge in [-0.05, 0) is 52.4 Å². The summed E-state index contributed by atoms with van der Waals surface area (Å²) in [5.41, 5.74) is 2.21. The molecule has 0 spiro atoms. The summed E-state index contributed by atoms with van der Waals surface area (Å²) in [5.74, 6) is 0.819. The number of nitrogens with zero attached hydrogens (tertiary/aromatic N) is 1. The van der Waals surface area contributed by atoms with E-state index in [-0.39, 0.29) is 0 Å². The molecule has 0 unspecified atom stereocenters. The molecule has 2 aromatic carbocycles. The van der Waals surface area contributed by atoms with Crippen molar-refractivity contribution in [2.45, 2.75) is 0 Å². The number of nitriles is 1. The normalized spacial score (nSPS) is 11.0. The third kappa shape index (κ3) is 3.33. The molecule has 0 aliphatic rings. The second-order valence-corrected chi connectivity index (χ2v) is 5.61. The molecule has 0 aliphatic heterocycles. The topological polar surface area (TPSA) is 33.0 Å². The van der Waals surface area contributed by atoms with Gasteiger partial charge in [0.1, 0.15) is 5.75 Å². The van der Waals surface area contributed by atoms with Gasteiger partial charge >= 0.3 is 0 Å². The van der Waals surface area contributed by atoms with Crippen LogP contribution in [0.4, 0.5) is 0 Å². The lowest BCUT2D eigenvalue weighted by Gasteiger charge is -2.05. The number of hydrogen-bond donors (Lipinski definition) is 0. The van der Waals surface area contributed by atoms with E-state index in [1.165, 1.54) is 0 Å². The van der Waals surface area contributed by atoms with Crippen LogP contribution < -0.4 is 4.74 Å². The maximum atomic E-state index is 9.33. The second-order valence-electron chi connectivity index (χ2n) is 4.04. The van der Waals surface area contributed by atoms with E-state index in [9.17, 15) is 5.26 Å². The van der Waals surface area contributed by atoms with E-state index in [1.807, 2.05) is 42.5 Å². The highest BCUT2D eigenvalue weighted by atomic mass is 127. The molecule has 2 rings (SSSR count). The van der Waals surface area contributed by atoms with Crippen molar-refractivity contribution in [2.75, 3.05) is 7.11 Å². The molecule has 20 heavy (non-hydrogen) atoms. The quantitative estimate of drug-likeness (QED) is 0.415. The lowest BCUT2D eigenvalue weighted by Crippen LogP contribution is -1.88. The minimum absolute atomic E-state index is 0.538. The Morgan fingerprint density at radius 3 is 2.65 bits per heavy atom. The largest absolute Gasteiger partial charge is 0.496 e. The Hall–Kier alpha value is -1.51. The van der Waals surface area contributed by atoms with Crippen molar-refractivity contribution in [3.05, 3.63) is 62.2 Å². The molecular formula is C16H11ClINO. The maximum absolute atomic E-state index is 9.33. The first-order chi connectivity index (χ1) is 9.65. The fraction of sp³-hybridized carbons (Fsp3) is 0.0625. The summed E-state index contributed by atoms with van der Waals surface area (Å²) in [6.45, 7) is 0. The van der Waals surface area contributed by atoms with E-state index in [0.29, 0.717) is 10.6 Å². The third-order valence-electron chi connectivity index (χ3n) is 2.77. The molecule has 0 radical (unpaired) electrons. The number of rotatable bonds is 3. The molecule has 2 nitrogen and oxygen atoms in total. The molecule has 0 saturated heterocycles. The average Bonchev–Trinajstić information content (AvgIpc) is 2.46. The monoisotopic (exact) mass is 395 g/mol. The Morgan fingerprint density at radius 1 is 1.30 bits per heavy atom. The van der Waals surface area contributed by atoms with Gasteiger partial charge < -0.3 is 4.74 Å². The van der Waals surface area contributed by atoms with Crippen molar-refractivity contribution in [2.24, 2.45) is 0 Å². The van der Waals surface area contributed by atoms with Crippen LogP contribution in [0.15, 0.2) is 42.5 Å². The molecular weight excluding hydrogens is 385 g/mol. The fourth-order valence-corrected chi connectivity index (χ4v) is 2.79. The number of hydrogen-bond acceptors (Lipinski definition) is 2. The van der Waals surface area contributed by atoms with Crippen LogP contribution in [0.3, 0.4) is 0 Å². The Morgan fingerprint density at radius 2 is 2.05 bits per heavy atom. The Kier molecular flexibility index (Phi) is 5.05. The van der Waals surface area contributed by atoms with Gasteiger partial charge in [-0.3, -0.25) is 0 Å². The Labute approximate surface area is 136 Å². The van der Waals surface area contributed by atoms with Crippen LogP contribution in [0.25, 0.3) is 11.6 Å². The van der Waals surface area contributed by atoms with Crippen LogP contribution in [0, 0.1) is 14.9 Å². The molecule has 0 saturated carbocycles. The highest BCUT2D eigenvalue weighted by Gasteiger charge is 2.06. The van der Waals surface area contributed by atoms with Crippen molar-refractivity contribution in [1.82, 2.24) is 0 Å². The van der Waals surface area contributed by atoms with Crippen molar-refractivity contribution in [3.63, 3.8) is 0 Å². The third-order valence-corrected chi connectivity index (χ3v) is 3.94. The number of ether oxygens (including phenoxy) is 1. The number of benzene rings is 2. The molecule has 0 N–H and O–H groups in total. The van der Waals surface area contributed by atoms with E-state index in [1.54, 1.807) is 13.2 Å². The molecule has 0 fully saturated rings. The Balaban J connectivity index is 2.45. The first kappa shape index (κ1) is 14.9. The molecule has 4 heteroatoms. The predicted molar refractivity (Wildman–Crippen MR) is 90.6 cm³/mol. The first-order valence-electron chi connectivity index (χ1n) is 5.86. The van der Waals surface area contributed by atoms with Gasteiger partial charge in [0.25, 0.3) is 0 Å². The van der Waals surface area contributed by atoms with Gasteiger partial charge in [0.2, 0.25) is 0 Å². The standard InChI is InChI=1S/C16H11ClINO/c1-20-16-7-6-11(9-15(16)18)8-12(10-19)13-4-2-3-5-14(13)17/h2-9H,1H3. The van der Waals surface area contributed by atoms with E-state index >= 15 is 0 Å². The van der Waals surface area contributed by atoms with E-state index in [4.69, 9.17) is 16.3 Å². The van der Waals surface area contributed by atoms with Gasteiger partial charge in [0.05, 0.1) is 22.3 Å². The fourth-order valence-electron chi connectivity index (χ4n) is 1.79. The molecule has 0 aliphatic carbocycles. The van der Waals surface area contributed by atoms with Gasteiger partial charge in [0, 0.05) is 10.6 Å². The van der Waals surface area contributed by atoms with Gasteiger partial charge in [-0.2, -0.15) is 5.26 Å². The van der Waals surface area contributed by atoms with Crippen molar-refractivity contribution >= 4 is 45.8 Å². The highest BCUT2D eigenvalue weighted by molar-refractivity contribution is 14.1. The predicted octanol–water partition coefficient (Wildman–Crippen LogP) is 5.02. The van der Waals surface area contributed by atoms with Crippen molar-refractivity contribution in [3.8, 4) is 11.8 Å². The van der Waals surface area contributed by atoms with E-state index < -0.39 is 0 Å². The van der Waals surface area contributed by atoms with Gasteiger partial charge in [-0.1, -0.05) is 35.9 Å². The zero-order chi connectivity index (χ0) is 14.5.